The number of rotatable bonds is 3. The van der Waals surface area contributed by atoms with Crippen molar-refractivity contribution in [2.45, 2.75) is 38.8 Å². The third-order valence-electron chi connectivity index (χ3n) is 4.87. The average molecular weight is 296 g/mol. The molecule has 0 spiro atoms. The van der Waals surface area contributed by atoms with Gasteiger partial charge in [0, 0.05) is 38.8 Å². The van der Waals surface area contributed by atoms with Crippen LogP contribution in [0.5, 0.6) is 0 Å². The monoisotopic (exact) mass is 296 g/mol. The summed E-state index contributed by atoms with van der Waals surface area (Å²) in [6.07, 6.45) is 1.67. The third kappa shape index (κ3) is 3.74. The van der Waals surface area contributed by atoms with Crippen molar-refractivity contribution in [3.63, 3.8) is 0 Å². The van der Waals surface area contributed by atoms with Crippen LogP contribution in [0.4, 0.5) is 0 Å². The number of hydrogen-bond donors (Lipinski definition) is 1. The van der Waals surface area contributed by atoms with E-state index >= 15 is 0 Å². The summed E-state index contributed by atoms with van der Waals surface area (Å²) in [6, 6.07) is 0.250. The highest BCUT2D eigenvalue weighted by Gasteiger charge is 2.34. The fourth-order valence-electron chi connectivity index (χ4n) is 3.54. The molecule has 2 heterocycles. The van der Waals surface area contributed by atoms with Gasteiger partial charge in [-0.1, -0.05) is 0 Å². The Labute approximate surface area is 127 Å². The van der Waals surface area contributed by atoms with Gasteiger partial charge in [-0.15, -0.1) is 0 Å². The summed E-state index contributed by atoms with van der Waals surface area (Å²) in [7, 11) is 2.11. The number of primary amides is 1. The third-order valence-corrected chi connectivity index (χ3v) is 4.87. The molecule has 0 radical (unpaired) electrons. The molecule has 0 aliphatic carbocycles. The molecule has 0 aromatic rings. The van der Waals surface area contributed by atoms with E-state index in [9.17, 15) is 9.59 Å². The predicted octanol–water partition coefficient (Wildman–Crippen LogP) is -0.265. The molecule has 0 unspecified atom stereocenters. The van der Waals surface area contributed by atoms with E-state index < -0.39 is 0 Å². The lowest BCUT2D eigenvalue weighted by Crippen LogP contribution is -2.58. The fourth-order valence-corrected chi connectivity index (χ4v) is 3.54. The number of piperazine rings is 1. The van der Waals surface area contributed by atoms with E-state index in [4.69, 9.17) is 5.73 Å². The molecule has 0 aromatic carbocycles. The molecule has 2 saturated heterocycles. The Morgan fingerprint density at radius 1 is 1.19 bits per heavy atom. The van der Waals surface area contributed by atoms with Crippen molar-refractivity contribution in [1.82, 2.24) is 14.7 Å². The van der Waals surface area contributed by atoms with Gasteiger partial charge in [0.05, 0.1) is 12.0 Å². The quantitative estimate of drug-likeness (QED) is 0.779. The van der Waals surface area contributed by atoms with E-state index in [0.717, 1.165) is 39.0 Å². The minimum absolute atomic E-state index is 0.125. The number of piperidine rings is 1. The van der Waals surface area contributed by atoms with Crippen LogP contribution in [0, 0.1) is 5.92 Å². The average Bonchev–Trinajstić information content (AvgIpc) is 2.46. The Hall–Kier alpha value is -1.14. The van der Waals surface area contributed by atoms with E-state index in [-0.39, 0.29) is 23.8 Å². The first-order chi connectivity index (χ1) is 9.90. The molecular formula is C15H28N4O2. The summed E-state index contributed by atoms with van der Waals surface area (Å²) in [6.45, 7) is 8.28. The van der Waals surface area contributed by atoms with Crippen LogP contribution in [0.25, 0.3) is 0 Å². The molecule has 3 atom stereocenters. The largest absolute Gasteiger partial charge is 0.369 e. The van der Waals surface area contributed by atoms with Crippen molar-refractivity contribution in [1.29, 1.82) is 0 Å². The number of carbonyl (C=O) groups is 2. The Kier molecular flexibility index (Phi) is 5.22. The lowest BCUT2D eigenvalue weighted by atomic mass is 9.96. The van der Waals surface area contributed by atoms with E-state index in [1.807, 2.05) is 11.8 Å². The van der Waals surface area contributed by atoms with Gasteiger partial charge in [0.25, 0.3) is 0 Å². The van der Waals surface area contributed by atoms with Gasteiger partial charge >= 0.3 is 0 Å². The maximum Gasteiger partial charge on any atom is 0.239 e. The van der Waals surface area contributed by atoms with Gasteiger partial charge in [-0.2, -0.15) is 0 Å². The first kappa shape index (κ1) is 16.2. The fraction of sp³-hybridized carbons (Fsp3) is 0.867. The second-order valence-corrected chi connectivity index (χ2v) is 6.55. The zero-order valence-electron chi connectivity index (χ0n) is 13.4. The number of hydrogen-bond acceptors (Lipinski definition) is 4. The summed E-state index contributed by atoms with van der Waals surface area (Å²) in [5, 5.41) is 0. The number of likely N-dealkylation sites (N-methyl/N-ethyl adjacent to an activating group) is 1. The van der Waals surface area contributed by atoms with Gasteiger partial charge in [-0.3, -0.25) is 14.5 Å². The molecule has 21 heavy (non-hydrogen) atoms. The van der Waals surface area contributed by atoms with Crippen LogP contribution in [-0.2, 0) is 9.59 Å². The molecule has 0 saturated carbocycles. The molecule has 2 aliphatic rings. The number of nitrogens with zero attached hydrogens (tertiary/aromatic N) is 3. The van der Waals surface area contributed by atoms with Crippen LogP contribution >= 0.6 is 0 Å². The first-order valence-corrected chi connectivity index (χ1v) is 7.92. The standard InChI is InChI=1S/C15H28N4O2/c1-11-9-17(3)7-8-19(11)12(2)15(21)18-6-4-5-13(10-18)14(16)20/h11-13H,4-10H2,1-3H3,(H2,16,20)/t11-,12-,13+/m1/s1. The molecule has 2 amide bonds. The van der Waals surface area contributed by atoms with Gasteiger partial charge < -0.3 is 15.5 Å². The molecule has 2 fully saturated rings. The number of carbonyl (C=O) groups excluding carboxylic acids is 2. The predicted molar refractivity (Wildman–Crippen MR) is 81.6 cm³/mol. The topological polar surface area (TPSA) is 69.9 Å². The Morgan fingerprint density at radius 3 is 2.52 bits per heavy atom. The van der Waals surface area contributed by atoms with Gasteiger partial charge in [0.15, 0.2) is 0 Å². The first-order valence-electron chi connectivity index (χ1n) is 7.92. The van der Waals surface area contributed by atoms with E-state index in [2.05, 4.69) is 23.8 Å². The summed E-state index contributed by atoms with van der Waals surface area (Å²) >= 11 is 0. The summed E-state index contributed by atoms with van der Waals surface area (Å²) in [5.41, 5.74) is 5.39. The highest BCUT2D eigenvalue weighted by atomic mass is 16.2. The molecule has 2 aliphatic heterocycles. The molecule has 2 rings (SSSR count). The maximum absolute atomic E-state index is 12.7. The second kappa shape index (κ2) is 6.75. The Balaban J connectivity index is 1.97. The zero-order chi connectivity index (χ0) is 15.6. The van der Waals surface area contributed by atoms with Crippen LogP contribution in [0.3, 0.4) is 0 Å². The van der Waals surface area contributed by atoms with Gasteiger partial charge in [0.2, 0.25) is 11.8 Å². The Bertz CT molecular complexity index is 401. The highest BCUT2D eigenvalue weighted by Crippen LogP contribution is 2.19. The van der Waals surface area contributed by atoms with E-state index in [0.29, 0.717) is 12.6 Å². The molecule has 0 aromatic heterocycles. The lowest BCUT2D eigenvalue weighted by molar-refractivity contribution is -0.141. The minimum atomic E-state index is -0.284. The summed E-state index contributed by atoms with van der Waals surface area (Å²) in [4.78, 5) is 30.5. The molecule has 120 valence electrons. The van der Waals surface area contributed by atoms with Gasteiger partial charge in [-0.25, -0.2) is 0 Å². The lowest BCUT2D eigenvalue weighted by Gasteiger charge is -2.43. The second-order valence-electron chi connectivity index (χ2n) is 6.55. The number of likely N-dealkylation sites (tertiary alicyclic amines) is 1. The minimum Gasteiger partial charge on any atom is -0.369 e. The molecule has 2 N–H and O–H groups in total. The SMILES string of the molecule is C[C@@H]1CN(C)CCN1[C@H](C)C(=O)N1CCC[C@H](C(N)=O)C1. The van der Waals surface area contributed by atoms with E-state index in [1.54, 1.807) is 0 Å². The summed E-state index contributed by atoms with van der Waals surface area (Å²) in [5.74, 6) is -0.328. The van der Waals surface area contributed by atoms with Crippen molar-refractivity contribution in [3.05, 3.63) is 0 Å². The van der Waals surface area contributed by atoms with Crippen molar-refractivity contribution in [3.8, 4) is 0 Å². The molecule has 0 bridgehead atoms. The number of amides is 2. The van der Waals surface area contributed by atoms with Crippen LogP contribution in [0.1, 0.15) is 26.7 Å². The van der Waals surface area contributed by atoms with Crippen LogP contribution in [-0.4, -0.2) is 78.4 Å². The maximum atomic E-state index is 12.7. The normalized spacial score (nSPS) is 30.1. The van der Waals surface area contributed by atoms with Crippen molar-refractivity contribution in [2.75, 3.05) is 39.8 Å². The highest BCUT2D eigenvalue weighted by molar-refractivity contribution is 5.83. The van der Waals surface area contributed by atoms with Crippen LogP contribution in [0.2, 0.25) is 0 Å². The Morgan fingerprint density at radius 2 is 1.90 bits per heavy atom. The van der Waals surface area contributed by atoms with Gasteiger partial charge in [-0.05, 0) is 33.7 Å². The molecular weight excluding hydrogens is 268 g/mol. The van der Waals surface area contributed by atoms with Crippen molar-refractivity contribution < 1.29 is 9.59 Å². The number of nitrogens with two attached hydrogens (primary N) is 1. The molecule has 6 heteroatoms. The smallest absolute Gasteiger partial charge is 0.239 e. The van der Waals surface area contributed by atoms with Crippen LogP contribution in [0.15, 0.2) is 0 Å². The van der Waals surface area contributed by atoms with Crippen molar-refractivity contribution >= 4 is 11.8 Å². The van der Waals surface area contributed by atoms with E-state index in [1.165, 1.54) is 0 Å². The van der Waals surface area contributed by atoms with Crippen LogP contribution < -0.4 is 5.73 Å². The molecule has 6 nitrogen and oxygen atoms in total. The van der Waals surface area contributed by atoms with Crippen molar-refractivity contribution in [2.24, 2.45) is 11.7 Å². The zero-order valence-corrected chi connectivity index (χ0v) is 13.4. The van der Waals surface area contributed by atoms with Gasteiger partial charge in [0.1, 0.15) is 0 Å². The summed E-state index contributed by atoms with van der Waals surface area (Å²) < 4.78 is 0.